The van der Waals surface area contributed by atoms with Crippen LogP contribution < -0.4 is 15.3 Å². The Morgan fingerprint density at radius 2 is 0.767 bits per heavy atom. The van der Waals surface area contributed by atoms with Crippen molar-refractivity contribution in [3.05, 3.63) is 78.9 Å². The standard InChI is InChI=1S/C36H55NSi6/c1-37(2)32-22-24-33(25-23-32)38(3,4)40(7,8)42(11,12)43(13,14)41(9,10)39(5,6)34-26-30-20-18-28-16-15-17-29-19-21-31(27-34)36(30)35(28)29/h15-27H,1-14H3. The molecule has 0 fully saturated rings. The first-order chi connectivity index (χ1) is 19.7. The van der Waals surface area contributed by atoms with Crippen LogP contribution in [0.1, 0.15) is 0 Å². The maximum Gasteiger partial charge on any atom is 0.0711 e. The van der Waals surface area contributed by atoms with E-state index >= 15 is 0 Å². The predicted octanol–water partition coefficient (Wildman–Crippen LogP) is 9.41. The summed E-state index contributed by atoms with van der Waals surface area (Å²) in [5.74, 6) is 0. The Kier molecular flexibility index (Phi) is 7.88. The second-order valence-electron chi connectivity index (χ2n) is 16.7. The summed E-state index contributed by atoms with van der Waals surface area (Å²) in [5.41, 5.74) is 1.31. The molecular formula is C36H55NSi6. The summed E-state index contributed by atoms with van der Waals surface area (Å²) >= 11 is 0. The molecule has 1 nitrogen and oxygen atoms in total. The largest absolute Gasteiger partial charge is 0.378 e. The zero-order chi connectivity index (χ0) is 32.0. The van der Waals surface area contributed by atoms with Gasteiger partial charge >= 0.3 is 0 Å². The van der Waals surface area contributed by atoms with Gasteiger partial charge in [-0.1, -0.05) is 156 Å². The zero-order valence-corrected chi connectivity index (χ0v) is 35.5. The van der Waals surface area contributed by atoms with Crippen LogP contribution in [0.2, 0.25) is 78.6 Å². The Hall–Kier alpha value is -1.76. The summed E-state index contributed by atoms with van der Waals surface area (Å²) in [4.78, 5) is 2.23. The van der Waals surface area contributed by atoms with Gasteiger partial charge < -0.3 is 4.90 Å². The topological polar surface area (TPSA) is 3.24 Å². The van der Waals surface area contributed by atoms with Crippen molar-refractivity contribution in [1.82, 2.24) is 0 Å². The normalized spacial score (nSPS) is 14.3. The number of anilines is 1. The maximum atomic E-state index is 2.89. The lowest BCUT2D eigenvalue weighted by Crippen LogP contribution is -2.90. The van der Waals surface area contributed by atoms with Gasteiger partial charge in [-0.3, -0.25) is 0 Å². The lowest BCUT2D eigenvalue weighted by Gasteiger charge is -2.62. The Bertz CT molecular complexity index is 1730. The average molecular weight is 670 g/mol. The first kappa shape index (κ1) is 32.6. The van der Waals surface area contributed by atoms with E-state index < -0.39 is 43.6 Å². The van der Waals surface area contributed by atoms with Crippen LogP contribution in [0.3, 0.4) is 0 Å². The van der Waals surface area contributed by atoms with Crippen LogP contribution in [-0.2, 0) is 0 Å². The molecule has 0 saturated heterocycles. The lowest BCUT2D eigenvalue weighted by atomic mass is 9.94. The molecule has 0 amide bonds. The molecule has 228 valence electrons. The van der Waals surface area contributed by atoms with Gasteiger partial charge in [-0.15, -0.1) is 0 Å². The molecular weight excluding hydrogens is 615 g/mol. The third-order valence-corrected chi connectivity index (χ3v) is 134. The molecule has 5 aromatic carbocycles. The Labute approximate surface area is 267 Å². The molecule has 43 heavy (non-hydrogen) atoms. The van der Waals surface area contributed by atoms with E-state index in [9.17, 15) is 0 Å². The van der Waals surface area contributed by atoms with E-state index in [1.807, 2.05) is 0 Å². The highest BCUT2D eigenvalue weighted by Crippen LogP contribution is 2.43. The molecule has 0 heterocycles. The van der Waals surface area contributed by atoms with Crippen LogP contribution in [-0.4, -0.2) is 57.7 Å². The van der Waals surface area contributed by atoms with Crippen molar-refractivity contribution < 1.29 is 0 Å². The van der Waals surface area contributed by atoms with Crippen LogP contribution in [0, 0.1) is 0 Å². The second-order valence-corrected chi connectivity index (χ2v) is 80.9. The minimum atomic E-state index is -1.77. The fraction of sp³-hybridized carbons (Fsp3) is 0.389. The first-order valence-electron chi connectivity index (χ1n) is 16.2. The molecule has 0 spiro atoms. The van der Waals surface area contributed by atoms with Crippen LogP contribution in [0.5, 0.6) is 0 Å². The summed E-state index contributed by atoms with van der Waals surface area (Å²) in [5, 5.41) is 11.9. The highest BCUT2D eigenvalue weighted by molar-refractivity contribution is 7.98. The molecule has 5 aromatic rings. The van der Waals surface area contributed by atoms with Crippen molar-refractivity contribution in [2.75, 3.05) is 19.0 Å². The molecule has 0 aliphatic rings. The van der Waals surface area contributed by atoms with E-state index in [2.05, 4.69) is 176 Å². The Balaban J connectivity index is 1.59. The molecule has 0 aliphatic carbocycles. The van der Waals surface area contributed by atoms with E-state index in [1.54, 1.807) is 10.4 Å². The minimum Gasteiger partial charge on any atom is -0.378 e. The van der Waals surface area contributed by atoms with Gasteiger partial charge in [-0.2, -0.15) is 0 Å². The van der Waals surface area contributed by atoms with E-state index in [0.717, 1.165) is 0 Å². The van der Waals surface area contributed by atoms with Gasteiger partial charge in [0.2, 0.25) is 0 Å². The number of nitrogens with zero attached hydrogens (tertiary/aromatic N) is 1. The molecule has 5 rings (SSSR count). The number of rotatable bonds is 8. The molecule has 0 aliphatic heterocycles. The highest BCUT2D eigenvalue weighted by atomic mass is 30.0. The summed E-state index contributed by atoms with van der Waals surface area (Å²) in [7, 11) is -5.52. The SMILES string of the molecule is CN(C)c1ccc([Si](C)(C)[Si](C)(C)[Si](C)(C)[Si](C)(C)[Si](C)(C)[Si](C)(C)c2cc3ccc4cccc5ccc(c2)c3c45)cc1. The highest BCUT2D eigenvalue weighted by Gasteiger charge is 2.66. The Morgan fingerprint density at radius 1 is 0.395 bits per heavy atom. The van der Waals surface area contributed by atoms with Crippen molar-refractivity contribution in [3.8, 4) is 0 Å². The molecule has 7 heteroatoms. The van der Waals surface area contributed by atoms with Crippen molar-refractivity contribution in [2.24, 2.45) is 0 Å². The molecule has 0 saturated carbocycles. The quantitative estimate of drug-likeness (QED) is 0.118. The van der Waals surface area contributed by atoms with E-state index in [4.69, 9.17) is 0 Å². The number of benzene rings is 5. The van der Waals surface area contributed by atoms with Crippen molar-refractivity contribution in [3.63, 3.8) is 0 Å². The molecule has 0 radical (unpaired) electrons. The summed E-state index contributed by atoms with van der Waals surface area (Å²) in [6, 6.07) is 31.3. The molecule has 0 atom stereocenters. The van der Waals surface area contributed by atoms with Crippen LogP contribution in [0.4, 0.5) is 5.69 Å². The molecule has 0 N–H and O–H groups in total. The summed E-state index contributed by atoms with van der Waals surface area (Å²) in [6.07, 6.45) is 0. The van der Waals surface area contributed by atoms with E-state index in [0.29, 0.717) is 0 Å². The lowest BCUT2D eigenvalue weighted by molar-refractivity contribution is 1.13. The Morgan fingerprint density at radius 3 is 1.19 bits per heavy atom. The molecule has 0 bridgehead atoms. The van der Waals surface area contributed by atoms with Gasteiger partial charge in [0.1, 0.15) is 0 Å². The maximum absolute atomic E-state index is 2.89. The van der Waals surface area contributed by atoms with Crippen molar-refractivity contribution >= 4 is 92.0 Å². The van der Waals surface area contributed by atoms with Gasteiger partial charge in [0, 0.05) is 48.2 Å². The summed E-state index contributed by atoms with van der Waals surface area (Å²) < 4.78 is 0. The second kappa shape index (κ2) is 10.4. The van der Waals surface area contributed by atoms with Crippen LogP contribution in [0.15, 0.2) is 78.9 Å². The average Bonchev–Trinajstić information content (AvgIpc) is 2.95. The van der Waals surface area contributed by atoms with Crippen molar-refractivity contribution in [1.29, 1.82) is 0 Å². The fourth-order valence-corrected chi connectivity index (χ4v) is 158. The van der Waals surface area contributed by atoms with Gasteiger partial charge in [-0.05, 0) is 44.5 Å². The van der Waals surface area contributed by atoms with Gasteiger partial charge in [0.15, 0.2) is 0 Å². The van der Waals surface area contributed by atoms with Gasteiger partial charge in [0.05, 0.1) is 15.2 Å². The first-order valence-corrected chi connectivity index (χ1v) is 39.2. The monoisotopic (exact) mass is 669 g/mol. The third-order valence-electron chi connectivity index (χ3n) is 14.1. The van der Waals surface area contributed by atoms with E-state index in [-0.39, 0.29) is 0 Å². The number of hydrogen-bond acceptors (Lipinski definition) is 1. The smallest absolute Gasteiger partial charge is 0.0711 e. The number of hydrogen-bond donors (Lipinski definition) is 0. The molecule has 0 aromatic heterocycles. The molecule has 0 unspecified atom stereocenters. The van der Waals surface area contributed by atoms with Crippen LogP contribution in [0.25, 0.3) is 32.3 Å². The van der Waals surface area contributed by atoms with E-state index in [1.165, 1.54) is 38.0 Å². The van der Waals surface area contributed by atoms with Crippen molar-refractivity contribution in [2.45, 2.75) is 78.6 Å². The predicted molar refractivity (Wildman–Crippen MR) is 215 cm³/mol. The zero-order valence-electron chi connectivity index (χ0n) is 29.5. The van der Waals surface area contributed by atoms with Gasteiger partial charge in [-0.25, -0.2) is 0 Å². The van der Waals surface area contributed by atoms with Crippen LogP contribution >= 0.6 is 0 Å². The fourth-order valence-electron chi connectivity index (χ4n) is 8.14. The minimum absolute atomic E-state index is 1.31. The third kappa shape index (κ3) is 4.59. The summed E-state index contributed by atoms with van der Waals surface area (Å²) in [6.45, 7) is 33.9. The van der Waals surface area contributed by atoms with Gasteiger partial charge in [0.25, 0.3) is 0 Å².